The molecule has 1 rings (SSSR count). The Morgan fingerprint density at radius 1 is 1.08 bits per heavy atom. The molecule has 0 saturated heterocycles. The largest absolute Gasteiger partial charge is 0.481 e. The topological polar surface area (TPSA) is 57.6 Å². The number of hydrogen-bond acceptors (Lipinski definition) is 2. The number of nitrogens with zero attached hydrogens (tertiary/aromatic N) is 1. The van der Waals surface area contributed by atoms with Gasteiger partial charge >= 0.3 is 5.97 Å². The van der Waals surface area contributed by atoms with Gasteiger partial charge in [0.2, 0.25) is 0 Å². The second-order valence-corrected chi connectivity index (χ2v) is 8.01. The normalized spacial score (nSPS) is 12.1. The third-order valence-electron chi connectivity index (χ3n) is 3.80. The van der Waals surface area contributed by atoms with E-state index in [4.69, 9.17) is 5.11 Å². The number of aliphatic carboxylic acids is 1. The molecule has 0 saturated carbocycles. The Labute approximate surface area is 143 Å². The molecule has 0 spiro atoms. The average molecular weight is 337 g/mol. The summed E-state index contributed by atoms with van der Waals surface area (Å²) in [5.41, 5.74) is -0.0199. The number of carboxylic acids is 1. The van der Waals surface area contributed by atoms with Crippen LogP contribution >= 0.6 is 0 Å². The smallest absolute Gasteiger partial charge is 0.303 e. The fraction of sp³-hybridized carbons (Fsp3) is 0.579. The zero-order valence-electron chi connectivity index (χ0n) is 15.2. The van der Waals surface area contributed by atoms with Crippen LogP contribution in [0, 0.1) is 11.2 Å². The number of benzene rings is 1. The van der Waals surface area contributed by atoms with Crippen molar-refractivity contribution in [3.63, 3.8) is 0 Å². The van der Waals surface area contributed by atoms with E-state index in [-0.39, 0.29) is 17.7 Å². The van der Waals surface area contributed by atoms with Gasteiger partial charge in [0.25, 0.3) is 5.91 Å². The summed E-state index contributed by atoms with van der Waals surface area (Å²) in [6.07, 6.45) is 1.16. The first-order chi connectivity index (χ1) is 10.9. The quantitative estimate of drug-likeness (QED) is 0.805. The molecular weight excluding hydrogens is 309 g/mol. The van der Waals surface area contributed by atoms with Crippen molar-refractivity contribution in [2.24, 2.45) is 5.41 Å². The fourth-order valence-corrected chi connectivity index (χ4v) is 3.21. The first-order valence-electron chi connectivity index (χ1n) is 8.22. The minimum absolute atomic E-state index is 0.0115. The Balaban J connectivity index is 3.05. The van der Waals surface area contributed by atoms with E-state index < -0.39 is 17.3 Å². The van der Waals surface area contributed by atoms with Crippen LogP contribution < -0.4 is 0 Å². The van der Waals surface area contributed by atoms with Crippen molar-refractivity contribution >= 4 is 11.9 Å². The first kappa shape index (κ1) is 20.1. The van der Waals surface area contributed by atoms with Crippen molar-refractivity contribution in [1.29, 1.82) is 0 Å². The van der Waals surface area contributed by atoms with Crippen LogP contribution in [0.25, 0.3) is 0 Å². The molecule has 0 aliphatic heterocycles. The molecule has 0 aliphatic rings. The highest BCUT2D eigenvalue weighted by atomic mass is 19.1. The maximum atomic E-state index is 13.1. The van der Waals surface area contributed by atoms with Gasteiger partial charge in [-0.2, -0.15) is 0 Å². The van der Waals surface area contributed by atoms with Gasteiger partial charge in [-0.1, -0.05) is 20.8 Å². The van der Waals surface area contributed by atoms with E-state index in [9.17, 15) is 14.0 Å². The number of amides is 1. The van der Waals surface area contributed by atoms with Crippen LogP contribution in [-0.4, -0.2) is 34.0 Å². The Bertz CT molecular complexity index is 573. The molecule has 4 nitrogen and oxygen atoms in total. The summed E-state index contributed by atoms with van der Waals surface area (Å²) in [5.74, 6) is -1.47. The summed E-state index contributed by atoms with van der Waals surface area (Å²) in [4.78, 5) is 25.4. The van der Waals surface area contributed by atoms with Crippen LogP contribution in [0.15, 0.2) is 24.3 Å². The summed E-state index contributed by atoms with van der Waals surface area (Å²) in [5, 5.41) is 8.86. The lowest BCUT2D eigenvalue weighted by Gasteiger charge is -2.42. The van der Waals surface area contributed by atoms with E-state index in [1.54, 1.807) is 4.90 Å². The number of carboxylic acid groups (broad SMARTS) is 1. The Morgan fingerprint density at radius 3 is 2.08 bits per heavy atom. The number of carbonyl (C=O) groups excluding carboxylic acids is 1. The predicted molar refractivity (Wildman–Crippen MR) is 92.5 cm³/mol. The van der Waals surface area contributed by atoms with Gasteiger partial charge in [0.15, 0.2) is 0 Å². The van der Waals surface area contributed by atoms with Gasteiger partial charge in [0.05, 0.1) is 0 Å². The van der Waals surface area contributed by atoms with Crippen molar-refractivity contribution in [2.45, 2.75) is 59.4 Å². The molecule has 1 amide bonds. The molecule has 5 heteroatoms. The van der Waals surface area contributed by atoms with E-state index in [1.165, 1.54) is 24.3 Å². The summed E-state index contributed by atoms with van der Waals surface area (Å²) in [6, 6.07) is 5.46. The highest BCUT2D eigenvalue weighted by Crippen LogP contribution is 2.32. The highest BCUT2D eigenvalue weighted by molar-refractivity contribution is 5.94. The molecule has 0 aliphatic carbocycles. The summed E-state index contributed by atoms with van der Waals surface area (Å²) in [6.45, 7) is 10.6. The van der Waals surface area contributed by atoms with Gasteiger partial charge in [0, 0.05) is 24.1 Å². The van der Waals surface area contributed by atoms with Crippen LogP contribution in [0.1, 0.15) is 64.2 Å². The van der Waals surface area contributed by atoms with Crippen LogP contribution in [0.2, 0.25) is 0 Å². The number of carbonyl (C=O) groups is 2. The van der Waals surface area contributed by atoms with Crippen molar-refractivity contribution in [1.82, 2.24) is 4.90 Å². The zero-order valence-corrected chi connectivity index (χ0v) is 15.2. The monoisotopic (exact) mass is 337 g/mol. The molecule has 0 unspecified atom stereocenters. The second kappa shape index (κ2) is 7.77. The standard InChI is InChI=1S/C19H28FNO3/c1-18(2,3)13-19(4,5)21(12-6-7-16(22)23)17(24)14-8-10-15(20)11-9-14/h8-11H,6-7,12-13H2,1-5H3,(H,22,23). The van der Waals surface area contributed by atoms with Crippen molar-refractivity contribution in [3.8, 4) is 0 Å². The van der Waals surface area contributed by atoms with Crippen LogP contribution in [0.5, 0.6) is 0 Å². The molecule has 1 aromatic carbocycles. The molecule has 0 bridgehead atoms. The maximum Gasteiger partial charge on any atom is 0.303 e. The maximum absolute atomic E-state index is 13.1. The van der Waals surface area contributed by atoms with Gasteiger partial charge in [0.1, 0.15) is 5.82 Å². The number of halogens is 1. The minimum atomic E-state index is -0.877. The van der Waals surface area contributed by atoms with Gasteiger partial charge in [-0.3, -0.25) is 9.59 Å². The fourth-order valence-electron chi connectivity index (χ4n) is 3.21. The SMILES string of the molecule is CC(C)(C)CC(C)(C)N(CCCC(=O)O)C(=O)c1ccc(F)cc1. The minimum Gasteiger partial charge on any atom is -0.481 e. The lowest BCUT2D eigenvalue weighted by atomic mass is 9.80. The Kier molecular flexibility index (Phi) is 6.52. The summed E-state index contributed by atoms with van der Waals surface area (Å²) >= 11 is 0. The van der Waals surface area contributed by atoms with Gasteiger partial charge in [-0.05, 0) is 56.4 Å². The molecule has 0 fully saturated rings. The molecule has 134 valence electrons. The molecule has 0 aromatic heterocycles. The van der Waals surface area contributed by atoms with Crippen molar-refractivity contribution < 1.29 is 19.1 Å². The van der Waals surface area contributed by atoms with E-state index in [0.717, 1.165) is 6.42 Å². The van der Waals surface area contributed by atoms with E-state index >= 15 is 0 Å². The lowest BCUT2D eigenvalue weighted by Crippen LogP contribution is -2.50. The van der Waals surface area contributed by atoms with Gasteiger partial charge < -0.3 is 10.0 Å². The van der Waals surface area contributed by atoms with Crippen LogP contribution in [-0.2, 0) is 4.79 Å². The van der Waals surface area contributed by atoms with Crippen molar-refractivity contribution in [3.05, 3.63) is 35.6 Å². The van der Waals surface area contributed by atoms with Crippen molar-refractivity contribution in [2.75, 3.05) is 6.54 Å². The molecule has 0 atom stereocenters. The Morgan fingerprint density at radius 2 is 1.62 bits per heavy atom. The Hall–Kier alpha value is -1.91. The lowest BCUT2D eigenvalue weighted by molar-refractivity contribution is -0.137. The molecule has 24 heavy (non-hydrogen) atoms. The number of hydrogen-bond donors (Lipinski definition) is 1. The molecule has 0 radical (unpaired) electrons. The van der Waals surface area contributed by atoms with E-state index in [2.05, 4.69) is 20.8 Å². The molecule has 1 N–H and O–H groups in total. The third-order valence-corrected chi connectivity index (χ3v) is 3.80. The van der Waals surface area contributed by atoms with E-state index in [0.29, 0.717) is 18.5 Å². The summed E-state index contributed by atoms with van der Waals surface area (Å²) in [7, 11) is 0. The summed E-state index contributed by atoms with van der Waals surface area (Å²) < 4.78 is 13.1. The average Bonchev–Trinajstić information content (AvgIpc) is 2.40. The highest BCUT2D eigenvalue weighted by Gasteiger charge is 2.34. The second-order valence-electron chi connectivity index (χ2n) is 8.01. The molecule has 0 heterocycles. The van der Waals surface area contributed by atoms with Gasteiger partial charge in [-0.15, -0.1) is 0 Å². The third kappa shape index (κ3) is 6.30. The first-order valence-corrected chi connectivity index (χ1v) is 8.22. The predicted octanol–water partition coefficient (Wildman–Crippen LogP) is 4.35. The zero-order chi connectivity index (χ0) is 18.5. The van der Waals surface area contributed by atoms with Crippen LogP contribution in [0.3, 0.4) is 0 Å². The van der Waals surface area contributed by atoms with Crippen LogP contribution in [0.4, 0.5) is 4.39 Å². The van der Waals surface area contributed by atoms with E-state index in [1.807, 2.05) is 13.8 Å². The molecule has 1 aromatic rings. The number of rotatable bonds is 7. The van der Waals surface area contributed by atoms with Gasteiger partial charge in [-0.25, -0.2) is 4.39 Å². The molecular formula is C19H28FNO3.